The lowest BCUT2D eigenvalue weighted by Gasteiger charge is -2.11. The number of pyridine rings is 1. The van der Waals surface area contributed by atoms with E-state index < -0.39 is 0 Å². The van der Waals surface area contributed by atoms with Crippen molar-refractivity contribution in [3.05, 3.63) is 76.3 Å². The van der Waals surface area contributed by atoms with E-state index in [1.807, 2.05) is 18.2 Å². The molecule has 2 aromatic heterocycles. The lowest BCUT2D eigenvalue weighted by molar-refractivity contribution is -0.118. The fourth-order valence-corrected chi connectivity index (χ4v) is 3.45. The van der Waals surface area contributed by atoms with Crippen LogP contribution in [0.5, 0.6) is 0 Å². The number of benzene rings is 1. The molecule has 0 atom stereocenters. The molecule has 27 heavy (non-hydrogen) atoms. The molecule has 8 heteroatoms. The summed E-state index contributed by atoms with van der Waals surface area (Å²) in [6.45, 7) is 4.34. The van der Waals surface area contributed by atoms with Crippen molar-refractivity contribution >= 4 is 40.2 Å². The van der Waals surface area contributed by atoms with Crippen molar-refractivity contribution in [2.45, 2.75) is 18.2 Å². The summed E-state index contributed by atoms with van der Waals surface area (Å²) < 4.78 is 1.50. The molecule has 138 valence electrons. The van der Waals surface area contributed by atoms with E-state index in [0.717, 1.165) is 5.69 Å². The number of hydrogen-bond acceptors (Lipinski definition) is 5. The van der Waals surface area contributed by atoms with E-state index in [1.54, 1.807) is 30.5 Å². The molecule has 0 saturated heterocycles. The fraction of sp³-hybridized carbons (Fsp3) is 0.158. The van der Waals surface area contributed by atoms with Gasteiger partial charge < -0.3 is 5.32 Å². The van der Waals surface area contributed by atoms with Gasteiger partial charge in [-0.3, -0.25) is 19.1 Å². The topological polar surface area (TPSA) is 76.9 Å². The van der Waals surface area contributed by atoms with Crippen LogP contribution in [0.25, 0.3) is 10.9 Å². The average Bonchev–Trinajstić information content (AvgIpc) is 2.68. The smallest absolute Gasteiger partial charge is 0.262 e. The second kappa shape index (κ2) is 8.83. The van der Waals surface area contributed by atoms with Crippen molar-refractivity contribution in [2.75, 3.05) is 5.75 Å². The zero-order chi connectivity index (χ0) is 19.2. The standard InChI is InChI=1S/C19H17ClN4O2S/c1-2-9-24-18(26)15-7-6-13(20)10-16(15)23-19(24)27-12-17(25)22-11-14-5-3-4-8-21-14/h2-8,10H,1,9,11-12H2,(H,22,25). The highest BCUT2D eigenvalue weighted by atomic mass is 35.5. The van der Waals surface area contributed by atoms with Gasteiger partial charge in [0.15, 0.2) is 5.16 Å². The highest BCUT2D eigenvalue weighted by molar-refractivity contribution is 7.99. The molecule has 0 fully saturated rings. The number of allylic oxidation sites excluding steroid dienone is 1. The molecule has 1 N–H and O–H groups in total. The van der Waals surface area contributed by atoms with Crippen LogP contribution in [0.2, 0.25) is 5.02 Å². The van der Waals surface area contributed by atoms with Gasteiger partial charge in [-0.05, 0) is 30.3 Å². The van der Waals surface area contributed by atoms with Crippen molar-refractivity contribution in [3.8, 4) is 0 Å². The SMILES string of the molecule is C=CCn1c(SCC(=O)NCc2ccccn2)nc2cc(Cl)ccc2c1=O. The van der Waals surface area contributed by atoms with Gasteiger partial charge in [0, 0.05) is 17.8 Å². The Morgan fingerprint density at radius 2 is 2.19 bits per heavy atom. The number of halogens is 1. The highest BCUT2D eigenvalue weighted by Crippen LogP contribution is 2.20. The zero-order valence-electron chi connectivity index (χ0n) is 14.4. The third-order valence-electron chi connectivity index (χ3n) is 3.72. The largest absolute Gasteiger partial charge is 0.350 e. The first-order valence-corrected chi connectivity index (χ1v) is 9.55. The van der Waals surface area contributed by atoms with Gasteiger partial charge in [0.2, 0.25) is 5.91 Å². The number of fused-ring (bicyclic) bond motifs is 1. The molecular formula is C19H17ClN4O2S. The first-order valence-electron chi connectivity index (χ1n) is 8.19. The minimum Gasteiger partial charge on any atom is -0.350 e. The molecule has 0 unspecified atom stereocenters. The predicted molar refractivity (Wildman–Crippen MR) is 108 cm³/mol. The number of rotatable bonds is 7. The summed E-state index contributed by atoms with van der Waals surface area (Å²) in [6, 6.07) is 10.5. The molecule has 1 amide bonds. The molecule has 2 heterocycles. The maximum Gasteiger partial charge on any atom is 0.262 e. The zero-order valence-corrected chi connectivity index (χ0v) is 16.0. The molecule has 3 aromatic rings. The van der Waals surface area contributed by atoms with Crippen LogP contribution >= 0.6 is 23.4 Å². The number of thioether (sulfide) groups is 1. The molecular weight excluding hydrogens is 384 g/mol. The molecule has 0 spiro atoms. The van der Waals surface area contributed by atoms with E-state index in [1.165, 1.54) is 16.3 Å². The second-order valence-corrected chi connectivity index (χ2v) is 7.03. The molecule has 3 rings (SSSR count). The summed E-state index contributed by atoms with van der Waals surface area (Å²) in [5.74, 6) is -0.0427. The number of nitrogens with one attached hydrogen (secondary N) is 1. The van der Waals surface area contributed by atoms with Crippen molar-refractivity contribution in [2.24, 2.45) is 0 Å². The van der Waals surface area contributed by atoms with E-state index in [4.69, 9.17) is 11.6 Å². The van der Waals surface area contributed by atoms with Gasteiger partial charge in [0.05, 0.1) is 28.9 Å². The number of hydrogen-bond donors (Lipinski definition) is 1. The summed E-state index contributed by atoms with van der Waals surface area (Å²) in [6.07, 6.45) is 3.30. The van der Waals surface area contributed by atoms with Crippen LogP contribution in [0.3, 0.4) is 0 Å². The summed E-state index contributed by atoms with van der Waals surface area (Å²) in [5, 5.41) is 4.23. The summed E-state index contributed by atoms with van der Waals surface area (Å²) >= 11 is 7.20. The van der Waals surface area contributed by atoms with Crippen LogP contribution in [0.1, 0.15) is 5.69 Å². The molecule has 0 radical (unpaired) electrons. The Labute approximate surface area is 165 Å². The summed E-state index contributed by atoms with van der Waals surface area (Å²) in [5.41, 5.74) is 1.09. The van der Waals surface area contributed by atoms with Gasteiger partial charge in [-0.25, -0.2) is 4.98 Å². The Bertz CT molecular complexity index is 1040. The van der Waals surface area contributed by atoms with Crippen molar-refractivity contribution in [3.63, 3.8) is 0 Å². The molecule has 0 aliphatic rings. The lowest BCUT2D eigenvalue weighted by Crippen LogP contribution is -2.27. The van der Waals surface area contributed by atoms with Crippen LogP contribution in [0.15, 0.2) is 65.2 Å². The van der Waals surface area contributed by atoms with Gasteiger partial charge >= 0.3 is 0 Å². The van der Waals surface area contributed by atoms with E-state index in [2.05, 4.69) is 21.9 Å². The van der Waals surface area contributed by atoms with Crippen LogP contribution < -0.4 is 10.9 Å². The molecule has 0 aliphatic heterocycles. The first-order chi connectivity index (χ1) is 13.1. The van der Waals surface area contributed by atoms with Crippen LogP contribution in [-0.4, -0.2) is 26.2 Å². The molecule has 6 nitrogen and oxygen atoms in total. The first kappa shape index (κ1) is 19.1. The maximum atomic E-state index is 12.7. The van der Waals surface area contributed by atoms with Crippen molar-refractivity contribution in [1.82, 2.24) is 19.9 Å². The van der Waals surface area contributed by atoms with E-state index in [0.29, 0.717) is 34.2 Å². The molecule has 0 aliphatic carbocycles. The molecule has 1 aromatic carbocycles. The fourth-order valence-electron chi connectivity index (χ4n) is 2.45. The van der Waals surface area contributed by atoms with Gasteiger partial charge in [-0.15, -0.1) is 6.58 Å². The number of nitrogens with zero attached hydrogens (tertiary/aromatic N) is 3. The minimum atomic E-state index is -0.187. The van der Waals surface area contributed by atoms with Crippen LogP contribution in [0, 0.1) is 0 Å². The normalized spacial score (nSPS) is 10.7. The Morgan fingerprint density at radius 3 is 2.93 bits per heavy atom. The van der Waals surface area contributed by atoms with Crippen molar-refractivity contribution < 1.29 is 4.79 Å². The highest BCUT2D eigenvalue weighted by Gasteiger charge is 2.13. The summed E-state index contributed by atoms with van der Waals surface area (Å²) in [4.78, 5) is 33.5. The summed E-state index contributed by atoms with van der Waals surface area (Å²) in [7, 11) is 0. The Balaban J connectivity index is 1.76. The van der Waals surface area contributed by atoms with Gasteiger partial charge in [-0.1, -0.05) is 35.5 Å². The Hall–Kier alpha value is -2.64. The van der Waals surface area contributed by atoms with Crippen LogP contribution in [0.4, 0.5) is 0 Å². The van der Waals surface area contributed by atoms with Gasteiger partial charge in [-0.2, -0.15) is 0 Å². The number of carbonyl (C=O) groups is 1. The van der Waals surface area contributed by atoms with E-state index in [-0.39, 0.29) is 17.2 Å². The van der Waals surface area contributed by atoms with E-state index in [9.17, 15) is 9.59 Å². The maximum absolute atomic E-state index is 12.7. The number of amides is 1. The van der Waals surface area contributed by atoms with Crippen LogP contribution in [-0.2, 0) is 17.9 Å². The average molecular weight is 401 g/mol. The molecule has 0 saturated carbocycles. The number of aromatic nitrogens is 3. The van der Waals surface area contributed by atoms with Gasteiger partial charge in [0.25, 0.3) is 5.56 Å². The van der Waals surface area contributed by atoms with E-state index >= 15 is 0 Å². The third kappa shape index (κ3) is 4.75. The minimum absolute atomic E-state index is 0.127. The van der Waals surface area contributed by atoms with Crippen molar-refractivity contribution in [1.29, 1.82) is 0 Å². The van der Waals surface area contributed by atoms with Gasteiger partial charge in [0.1, 0.15) is 0 Å². The lowest BCUT2D eigenvalue weighted by atomic mass is 10.2. The Kier molecular flexibility index (Phi) is 6.26. The quantitative estimate of drug-likeness (QED) is 0.374. The molecule has 0 bridgehead atoms. The third-order valence-corrected chi connectivity index (χ3v) is 4.93. The second-order valence-electron chi connectivity index (χ2n) is 5.65. The Morgan fingerprint density at radius 1 is 1.33 bits per heavy atom. The monoisotopic (exact) mass is 400 g/mol. The predicted octanol–water partition coefficient (Wildman–Crippen LogP) is 3.04. The number of carbonyl (C=O) groups excluding carboxylic acids is 1.